The van der Waals surface area contributed by atoms with Crippen LogP contribution in [0.5, 0.6) is 0 Å². The average molecular weight is 552 g/mol. The minimum absolute atomic E-state index is 0.103. The van der Waals surface area contributed by atoms with Gasteiger partial charge in [-0.15, -0.1) is 5.10 Å². The molecule has 3 rings (SSSR count). The lowest BCUT2D eigenvalue weighted by atomic mass is 9.85. The van der Waals surface area contributed by atoms with Crippen LogP contribution in [0, 0.1) is 5.41 Å². The summed E-state index contributed by atoms with van der Waals surface area (Å²) < 4.78 is 6.86. The third-order valence-electron chi connectivity index (χ3n) is 6.14. The first-order valence-corrected chi connectivity index (χ1v) is 13.0. The van der Waals surface area contributed by atoms with Crippen LogP contribution in [0.4, 0.5) is 15.3 Å². The number of ether oxygens (including phenoxy) is 1. The van der Waals surface area contributed by atoms with Crippen molar-refractivity contribution in [3.8, 4) is 0 Å². The van der Waals surface area contributed by atoms with Crippen LogP contribution in [-0.4, -0.2) is 44.7 Å². The summed E-state index contributed by atoms with van der Waals surface area (Å²) in [6, 6.07) is 14.2. The largest absolute Gasteiger partial charge is 0.445 e. The quantitative estimate of drug-likeness (QED) is 0.214. The van der Waals surface area contributed by atoms with Crippen molar-refractivity contribution in [2.75, 3.05) is 11.9 Å². The van der Waals surface area contributed by atoms with E-state index in [0.717, 1.165) is 11.1 Å². The van der Waals surface area contributed by atoms with Crippen molar-refractivity contribution < 1.29 is 24.2 Å². The van der Waals surface area contributed by atoms with Gasteiger partial charge in [-0.3, -0.25) is 4.79 Å². The molecular formula is C28H37N7O5. The minimum Gasteiger partial charge on any atom is -0.445 e. The smallest absolute Gasteiger partial charge is 0.408 e. The number of nitrogens with two attached hydrogens (primary N) is 1. The average Bonchev–Trinajstić information content (AvgIpc) is 3.40. The molecule has 1 aromatic heterocycles. The van der Waals surface area contributed by atoms with Crippen LogP contribution in [0.15, 0.2) is 60.8 Å². The number of hydrogen-bond donors (Lipinski definition) is 5. The maximum Gasteiger partial charge on any atom is 0.408 e. The van der Waals surface area contributed by atoms with Crippen LogP contribution < -0.4 is 21.7 Å². The van der Waals surface area contributed by atoms with E-state index < -0.39 is 29.6 Å². The highest BCUT2D eigenvalue weighted by atomic mass is 16.5. The monoisotopic (exact) mass is 551 g/mol. The molecule has 214 valence electrons. The van der Waals surface area contributed by atoms with E-state index in [0.29, 0.717) is 24.2 Å². The number of nitrogens with zero attached hydrogens (tertiary/aromatic N) is 3. The molecule has 1 heterocycles. The van der Waals surface area contributed by atoms with E-state index in [9.17, 15) is 19.5 Å². The number of rotatable bonds is 12. The van der Waals surface area contributed by atoms with Crippen LogP contribution in [0.25, 0.3) is 0 Å². The molecule has 0 spiro atoms. The number of anilines is 1. The maximum absolute atomic E-state index is 13.3. The topological polar surface area (TPSA) is 173 Å². The third kappa shape index (κ3) is 9.09. The number of aromatic nitrogens is 3. The predicted molar refractivity (Wildman–Crippen MR) is 149 cm³/mol. The SMILES string of the molecule is CC(C)(C)[C@H](NC(=O)OCc1ccccc1)c1cn([C@@H](CCCNC(N)=O)C(=O)Nc2ccc(CO)cc2)nn1. The Kier molecular flexibility index (Phi) is 10.6. The molecule has 12 heteroatoms. The van der Waals surface area contributed by atoms with Gasteiger partial charge in [0.05, 0.1) is 18.8 Å². The lowest BCUT2D eigenvalue weighted by molar-refractivity contribution is -0.119. The number of carbonyl (C=O) groups excluding carboxylic acids is 3. The molecule has 0 saturated carbocycles. The number of benzene rings is 2. The molecular weight excluding hydrogens is 514 g/mol. The number of urea groups is 1. The molecule has 12 nitrogen and oxygen atoms in total. The van der Waals surface area contributed by atoms with Gasteiger partial charge < -0.3 is 31.5 Å². The Morgan fingerprint density at radius 1 is 1.05 bits per heavy atom. The fourth-order valence-electron chi connectivity index (χ4n) is 4.00. The number of carbonyl (C=O) groups is 3. The van der Waals surface area contributed by atoms with Gasteiger partial charge in [0.2, 0.25) is 5.91 Å². The van der Waals surface area contributed by atoms with Gasteiger partial charge in [-0.1, -0.05) is 68.4 Å². The van der Waals surface area contributed by atoms with Crippen LogP contribution in [0.3, 0.4) is 0 Å². The van der Waals surface area contributed by atoms with Gasteiger partial charge in [0.15, 0.2) is 0 Å². The normalized spacial score (nSPS) is 12.7. The number of aliphatic hydroxyl groups is 1. The standard InChI is InChI=1S/C28H37N7O5/c1-28(2,3)24(32-27(39)40-18-20-8-5-4-6-9-20)22-16-35(34-33-22)23(10-7-15-30-26(29)38)25(37)31-21-13-11-19(17-36)12-14-21/h4-6,8-9,11-14,16,23-24,36H,7,10,15,17-18H2,1-3H3,(H,31,37)(H,32,39)(H3,29,30,38)/t23-,24+/m0/s1. The zero-order chi connectivity index (χ0) is 29.1. The summed E-state index contributed by atoms with van der Waals surface area (Å²) in [7, 11) is 0. The van der Waals surface area contributed by atoms with E-state index in [4.69, 9.17) is 10.5 Å². The van der Waals surface area contributed by atoms with E-state index >= 15 is 0 Å². The maximum atomic E-state index is 13.3. The highest BCUT2D eigenvalue weighted by Gasteiger charge is 2.32. The molecule has 2 aromatic carbocycles. The van der Waals surface area contributed by atoms with Crippen LogP contribution in [0.2, 0.25) is 0 Å². The highest BCUT2D eigenvalue weighted by Crippen LogP contribution is 2.32. The molecule has 0 fully saturated rings. The Morgan fingerprint density at radius 2 is 1.75 bits per heavy atom. The Balaban J connectivity index is 1.76. The van der Waals surface area contributed by atoms with Gasteiger partial charge in [0.25, 0.3) is 0 Å². The van der Waals surface area contributed by atoms with E-state index in [1.54, 1.807) is 30.5 Å². The Morgan fingerprint density at radius 3 is 2.38 bits per heavy atom. The summed E-state index contributed by atoms with van der Waals surface area (Å²) in [5.74, 6) is -0.338. The van der Waals surface area contributed by atoms with Gasteiger partial charge >= 0.3 is 12.1 Å². The number of amides is 4. The first-order valence-electron chi connectivity index (χ1n) is 13.0. The highest BCUT2D eigenvalue weighted by molar-refractivity contribution is 5.93. The lowest BCUT2D eigenvalue weighted by Crippen LogP contribution is -2.37. The Hall–Kier alpha value is -4.45. The number of alkyl carbamates (subject to hydrolysis) is 1. The third-order valence-corrected chi connectivity index (χ3v) is 6.14. The molecule has 40 heavy (non-hydrogen) atoms. The van der Waals surface area contributed by atoms with Gasteiger partial charge in [0, 0.05) is 12.2 Å². The number of hydrogen-bond acceptors (Lipinski definition) is 7. The molecule has 0 radical (unpaired) electrons. The molecule has 6 N–H and O–H groups in total. The summed E-state index contributed by atoms with van der Waals surface area (Å²) in [5.41, 5.74) is 7.30. The Labute approximate surface area is 233 Å². The molecule has 0 aliphatic heterocycles. The van der Waals surface area contributed by atoms with Gasteiger partial charge in [-0.2, -0.15) is 0 Å². The number of primary amides is 1. The van der Waals surface area contributed by atoms with Crippen LogP contribution >= 0.6 is 0 Å². The summed E-state index contributed by atoms with van der Waals surface area (Å²) >= 11 is 0. The van der Waals surface area contributed by atoms with E-state index in [1.807, 2.05) is 51.1 Å². The molecule has 4 amide bonds. The number of aliphatic hydroxyl groups excluding tert-OH is 1. The van der Waals surface area contributed by atoms with Crippen molar-refractivity contribution in [3.05, 3.63) is 77.6 Å². The van der Waals surface area contributed by atoms with Crippen molar-refractivity contribution in [2.24, 2.45) is 11.1 Å². The molecule has 0 unspecified atom stereocenters. The summed E-state index contributed by atoms with van der Waals surface area (Å²) in [5, 5.41) is 26.0. The fraction of sp³-hybridized carbons (Fsp3) is 0.393. The summed E-state index contributed by atoms with van der Waals surface area (Å²) in [6.45, 7) is 6.15. The van der Waals surface area contributed by atoms with E-state index in [2.05, 4.69) is 26.3 Å². The van der Waals surface area contributed by atoms with Gasteiger partial charge in [-0.25, -0.2) is 14.3 Å². The second kappa shape index (κ2) is 14.1. The molecule has 0 aliphatic rings. The first kappa shape index (κ1) is 30.1. The van der Waals surface area contributed by atoms with Gasteiger partial charge in [0.1, 0.15) is 18.3 Å². The van der Waals surface area contributed by atoms with Crippen molar-refractivity contribution in [2.45, 2.75) is 58.9 Å². The van der Waals surface area contributed by atoms with Crippen LogP contribution in [0.1, 0.15) is 62.5 Å². The molecule has 0 aliphatic carbocycles. The van der Waals surface area contributed by atoms with Crippen molar-refractivity contribution in [1.29, 1.82) is 0 Å². The second-order valence-electron chi connectivity index (χ2n) is 10.4. The molecule has 0 saturated heterocycles. The molecule has 0 bridgehead atoms. The van der Waals surface area contributed by atoms with Crippen LogP contribution in [-0.2, 0) is 22.7 Å². The Bertz CT molecular complexity index is 1260. The van der Waals surface area contributed by atoms with Crippen molar-refractivity contribution in [3.63, 3.8) is 0 Å². The predicted octanol–water partition coefficient (Wildman–Crippen LogP) is 3.41. The van der Waals surface area contributed by atoms with Gasteiger partial charge in [-0.05, 0) is 41.5 Å². The minimum atomic E-state index is -0.765. The second-order valence-corrected chi connectivity index (χ2v) is 10.4. The van der Waals surface area contributed by atoms with Crippen molar-refractivity contribution >= 4 is 23.7 Å². The zero-order valence-corrected chi connectivity index (χ0v) is 23.0. The first-order chi connectivity index (χ1) is 19.1. The molecule has 3 aromatic rings. The summed E-state index contributed by atoms with van der Waals surface area (Å²) in [4.78, 5) is 37.1. The zero-order valence-electron chi connectivity index (χ0n) is 23.0. The van der Waals surface area contributed by atoms with Crippen molar-refractivity contribution in [1.82, 2.24) is 25.6 Å². The lowest BCUT2D eigenvalue weighted by Gasteiger charge is -2.29. The fourth-order valence-corrected chi connectivity index (χ4v) is 4.00. The number of nitrogens with one attached hydrogen (secondary N) is 3. The molecule has 2 atom stereocenters. The van der Waals surface area contributed by atoms with E-state index in [1.165, 1.54) is 4.68 Å². The summed E-state index contributed by atoms with van der Waals surface area (Å²) in [6.07, 6.45) is 1.81. The van der Waals surface area contributed by atoms with E-state index in [-0.39, 0.29) is 25.7 Å².